The number of amides is 1. The number of aromatic nitrogens is 3. The van der Waals surface area contributed by atoms with Gasteiger partial charge in [0.2, 0.25) is 5.91 Å². The van der Waals surface area contributed by atoms with E-state index in [4.69, 9.17) is 0 Å². The first-order valence-electron chi connectivity index (χ1n) is 11.2. The number of nitrogens with one attached hydrogen (secondary N) is 1. The van der Waals surface area contributed by atoms with Gasteiger partial charge >= 0.3 is 0 Å². The van der Waals surface area contributed by atoms with Crippen molar-refractivity contribution in [1.29, 1.82) is 0 Å². The molecule has 2 aliphatic rings. The normalized spacial score (nSPS) is 19.6. The lowest BCUT2D eigenvalue weighted by Crippen LogP contribution is -2.51. The van der Waals surface area contributed by atoms with Crippen molar-refractivity contribution >= 4 is 27.7 Å². The van der Waals surface area contributed by atoms with Crippen LogP contribution in [0.1, 0.15) is 56.0 Å². The lowest BCUT2D eigenvalue weighted by atomic mass is 10.0. The van der Waals surface area contributed by atoms with E-state index in [9.17, 15) is 4.79 Å². The van der Waals surface area contributed by atoms with E-state index in [1.54, 1.807) is 12.5 Å². The Hall–Kier alpha value is -2.06. The Kier molecular flexibility index (Phi) is 6.86. The van der Waals surface area contributed by atoms with Gasteiger partial charge in [0.25, 0.3) is 0 Å². The first kappa shape index (κ1) is 22.1. The third-order valence-electron chi connectivity index (χ3n) is 6.28. The molecular weight excluding hydrogens is 456 g/mol. The van der Waals surface area contributed by atoms with E-state index < -0.39 is 0 Å². The van der Waals surface area contributed by atoms with Crippen molar-refractivity contribution in [2.45, 2.75) is 51.5 Å². The molecule has 1 N–H and O–H groups in total. The molecule has 2 atom stereocenters. The molecule has 1 saturated heterocycles. The van der Waals surface area contributed by atoms with E-state index in [0.717, 1.165) is 41.9 Å². The first-order chi connectivity index (χ1) is 14.9. The fraction of sp³-hybridized carbons (Fsp3) is 0.565. The van der Waals surface area contributed by atoms with Crippen LogP contribution in [-0.4, -0.2) is 64.5 Å². The van der Waals surface area contributed by atoms with Crippen LogP contribution < -0.4 is 10.2 Å². The molecule has 0 radical (unpaired) electrons. The maximum atomic E-state index is 13.5. The smallest absolute Gasteiger partial charge is 0.233 e. The molecule has 31 heavy (non-hydrogen) atoms. The molecule has 0 bridgehead atoms. The highest BCUT2D eigenvalue weighted by Crippen LogP contribution is 2.37. The minimum Gasteiger partial charge on any atom is -0.353 e. The van der Waals surface area contributed by atoms with Gasteiger partial charge in [0, 0.05) is 60.7 Å². The minimum atomic E-state index is -0.287. The van der Waals surface area contributed by atoms with Crippen LogP contribution in [0.4, 0.5) is 5.82 Å². The number of carbonyl (C=O) groups is 1. The molecule has 3 heterocycles. The summed E-state index contributed by atoms with van der Waals surface area (Å²) in [4.78, 5) is 31.4. The molecule has 1 amide bonds. The maximum absolute atomic E-state index is 13.5. The van der Waals surface area contributed by atoms with E-state index >= 15 is 0 Å². The summed E-state index contributed by atoms with van der Waals surface area (Å²) in [6.45, 7) is 10.0. The van der Waals surface area contributed by atoms with Gasteiger partial charge in [0.1, 0.15) is 12.1 Å². The van der Waals surface area contributed by atoms with Crippen LogP contribution >= 0.6 is 15.9 Å². The Morgan fingerprint density at radius 3 is 2.65 bits per heavy atom. The van der Waals surface area contributed by atoms with Crippen LogP contribution in [0, 0.1) is 0 Å². The number of halogens is 1. The lowest BCUT2D eigenvalue weighted by molar-refractivity contribution is -0.133. The third-order valence-corrected chi connectivity index (χ3v) is 6.75. The highest BCUT2D eigenvalue weighted by molar-refractivity contribution is 9.10. The summed E-state index contributed by atoms with van der Waals surface area (Å²) in [6.07, 6.45) is 5.63. The third kappa shape index (κ3) is 4.90. The summed E-state index contributed by atoms with van der Waals surface area (Å²) >= 11 is 3.44. The molecule has 0 spiro atoms. The molecule has 1 fully saturated rings. The van der Waals surface area contributed by atoms with Gasteiger partial charge < -0.3 is 15.1 Å². The predicted octanol–water partition coefficient (Wildman–Crippen LogP) is 3.11. The maximum Gasteiger partial charge on any atom is 0.233 e. The average Bonchev–Trinajstić information content (AvgIpc) is 3.16. The quantitative estimate of drug-likeness (QED) is 0.675. The summed E-state index contributed by atoms with van der Waals surface area (Å²) < 4.78 is 0.916. The number of hydrogen-bond donors (Lipinski definition) is 1. The second-order valence-electron chi connectivity index (χ2n) is 8.83. The van der Waals surface area contributed by atoms with Gasteiger partial charge in [-0.1, -0.05) is 20.8 Å². The Morgan fingerprint density at radius 1 is 1.19 bits per heavy atom. The Balaban J connectivity index is 1.46. The standard InChI is InChI=1S/C23H31BrN6O/c1-15(2)25-13-18(19-7-5-17(24)12-26-19)23(31)30-10-8-29(9-11-30)22-21-16(3)4-6-20(21)27-14-28-22/h5,7,12,14-16,18,25H,4,6,8-11,13H2,1-3H3/t16-,18?/m1/s1. The Bertz CT molecular complexity index is 911. The molecule has 0 saturated carbocycles. The van der Waals surface area contributed by atoms with Gasteiger partial charge in [-0.2, -0.15) is 0 Å². The van der Waals surface area contributed by atoms with Crippen molar-refractivity contribution in [3.05, 3.63) is 46.1 Å². The molecule has 1 aliphatic carbocycles. The van der Waals surface area contributed by atoms with Crippen molar-refractivity contribution in [2.24, 2.45) is 0 Å². The second kappa shape index (κ2) is 9.61. The van der Waals surface area contributed by atoms with Gasteiger partial charge in [-0.05, 0) is 46.8 Å². The largest absolute Gasteiger partial charge is 0.353 e. The molecule has 7 nitrogen and oxygen atoms in total. The van der Waals surface area contributed by atoms with Crippen LogP contribution in [0.15, 0.2) is 29.1 Å². The fourth-order valence-electron chi connectivity index (χ4n) is 4.50. The van der Waals surface area contributed by atoms with E-state index in [1.165, 1.54) is 11.3 Å². The number of rotatable bonds is 6. The van der Waals surface area contributed by atoms with E-state index in [-0.39, 0.29) is 11.8 Å². The number of piperazine rings is 1. The van der Waals surface area contributed by atoms with E-state index in [1.807, 2.05) is 17.0 Å². The number of anilines is 1. The van der Waals surface area contributed by atoms with Crippen molar-refractivity contribution < 1.29 is 4.79 Å². The van der Waals surface area contributed by atoms with Gasteiger partial charge in [-0.25, -0.2) is 9.97 Å². The predicted molar refractivity (Wildman–Crippen MR) is 125 cm³/mol. The molecule has 1 aliphatic heterocycles. The Morgan fingerprint density at radius 2 is 1.97 bits per heavy atom. The molecule has 2 aromatic heterocycles. The van der Waals surface area contributed by atoms with E-state index in [2.05, 4.69) is 61.9 Å². The molecule has 0 aromatic carbocycles. The van der Waals surface area contributed by atoms with Gasteiger partial charge in [0.05, 0.1) is 11.6 Å². The summed E-state index contributed by atoms with van der Waals surface area (Å²) in [5.74, 6) is 1.42. The van der Waals surface area contributed by atoms with Crippen molar-refractivity contribution in [3.63, 3.8) is 0 Å². The van der Waals surface area contributed by atoms with Crippen LogP contribution in [0.25, 0.3) is 0 Å². The number of pyridine rings is 1. The summed E-state index contributed by atoms with van der Waals surface area (Å²) in [5, 5.41) is 3.42. The number of aryl methyl sites for hydroxylation is 1. The molecule has 166 valence electrons. The Labute approximate surface area is 192 Å². The van der Waals surface area contributed by atoms with Crippen LogP contribution in [0.3, 0.4) is 0 Å². The van der Waals surface area contributed by atoms with Crippen LogP contribution in [-0.2, 0) is 11.2 Å². The van der Waals surface area contributed by atoms with Gasteiger partial charge in [0.15, 0.2) is 0 Å². The number of carbonyl (C=O) groups excluding carboxylic acids is 1. The van der Waals surface area contributed by atoms with Crippen LogP contribution in [0.5, 0.6) is 0 Å². The molecule has 4 rings (SSSR count). The highest BCUT2D eigenvalue weighted by atomic mass is 79.9. The second-order valence-corrected chi connectivity index (χ2v) is 9.74. The molecule has 1 unspecified atom stereocenters. The topological polar surface area (TPSA) is 74.2 Å². The molecule has 2 aromatic rings. The minimum absolute atomic E-state index is 0.143. The lowest BCUT2D eigenvalue weighted by Gasteiger charge is -2.38. The van der Waals surface area contributed by atoms with Gasteiger partial charge in [-0.15, -0.1) is 0 Å². The van der Waals surface area contributed by atoms with Crippen molar-refractivity contribution in [1.82, 2.24) is 25.2 Å². The fourth-order valence-corrected chi connectivity index (χ4v) is 4.73. The van der Waals surface area contributed by atoms with Crippen molar-refractivity contribution in [3.8, 4) is 0 Å². The number of nitrogens with zero attached hydrogens (tertiary/aromatic N) is 5. The molecular formula is C23H31BrN6O. The van der Waals surface area contributed by atoms with Gasteiger partial charge in [-0.3, -0.25) is 9.78 Å². The number of fused-ring (bicyclic) bond motifs is 1. The first-order valence-corrected chi connectivity index (χ1v) is 12.0. The van der Waals surface area contributed by atoms with Crippen LogP contribution in [0.2, 0.25) is 0 Å². The summed E-state index contributed by atoms with van der Waals surface area (Å²) in [5.41, 5.74) is 3.31. The summed E-state index contributed by atoms with van der Waals surface area (Å²) in [7, 11) is 0. The SMILES string of the molecule is CC(C)NCC(C(=O)N1CCN(c2ncnc3c2[C@H](C)CC3)CC1)c1ccc(Br)cn1. The van der Waals surface area contributed by atoms with E-state index in [0.29, 0.717) is 31.6 Å². The zero-order valence-electron chi connectivity index (χ0n) is 18.5. The average molecular weight is 487 g/mol. The van der Waals surface area contributed by atoms with Crippen molar-refractivity contribution in [2.75, 3.05) is 37.6 Å². The summed E-state index contributed by atoms with van der Waals surface area (Å²) in [6, 6.07) is 4.20. The zero-order valence-corrected chi connectivity index (χ0v) is 20.1. The number of hydrogen-bond acceptors (Lipinski definition) is 6. The monoisotopic (exact) mass is 486 g/mol. The highest BCUT2D eigenvalue weighted by Gasteiger charge is 2.32. The molecule has 8 heteroatoms. The zero-order chi connectivity index (χ0) is 22.0.